The van der Waals surface area contributed by atoms with Crippen molar-refractivity contribution in [2.45, 2.75) is 23.8 Å². The van der Waals surface area contributed by atoms with Crippen LogP contribution in [0.15, 0.2) is 17.0 Å². The van der Waals surface area contributed by atoms with E-state index in [0.29, 0.717) is 0 Å². The average molecular weight is 372 g/mol. The lowest BCUT2D eigenvalue weighted by Crippen LogP contribution is -2.39. The Morgan fingerprint density at radius 3 is 2.29 bits per heavy atom. The number of nitrogens with one attached hydrogen (secondary N) is 1. The van der Waals surface area contributed by atoms with Gasteiger partial charge in [0.2, 0.25) is 15.9 Å². The van der Waals surface area contributed by atoms with Gasteiger partial charge in [-0.2, -0.15) is 4.31 Å². The molecule has 5 nitrogen and oxygen atoms in total. The molecule has 0 atom stereocenters. The summed E-state index contributed by atoms with van der Waals surface area (Å²) in [6.45, 7) is -0.298. The molecule has 0 radical (unpaired) electrons. The Balaban J connectivity index is 2.22. The van der Waals surface area contributed by atoms with E-state index in [4.69, 9.17) is 34.8 Å². The zero-order valence-corrected chi connectivity index (χ0v) is 14.2. The van der Waals surface area contributed by atoms with E-state index in [9.17, 15) is 13.2 Å². The van der Waals surface area contributed by atoms with Crippen LogP contribution in [0.4, 0.5) is 0 Å². The summed E-state index contributed by atoms with van der Waals surface area (Å²) in [5.74, 6) is -0.357. The minimum Gasteiger partial charge on any atom is -0.352 e. The van der Waals surface area contributed by atoms with Crippen LogP contribution in [0.1, 0.15) is 12.8 Å². The number of hydrogen-bond donors (Lipinski definition) is 1. The Morgan fingerprint density at radius 1 is 1.29 bits per heavy atom. The third kappa shape index (κ3) is 4.02. The van der Waals surface area contributed by atoms with Crippen LogP contribution >= 0.6 is 34.8 Å². The predicted octanol–water partition coefficient (Wildman–Crippen LogP) is 2.55. The molecule has 2 rings (SSSR count). The van der Waals surface area contributed by atoms with E-state index in [1.165, 1.54) is 19.2 Å². The standard InChI is InChI=1S/C12H13Cl3N2O3S/c1-17(6-11(18)16-8-2-3-8)21(19,20)12-9(14)4-7(13)5-10(12)15/h4-5,8H,2-3,6H2,1H3,(H,16,18). The van der Waals surface area contributed by atoms with E-state index in [0.717, 1.165) is 17.1 Å². The molecule has 0 unspecified atom stereocenters. The minimum absolute atomic E-state index is 0.0815. The molecule has 0 saturated heterocycles. The van der Waals surface area contributed by atoms with Crippen LogP contribution < -0.4 is 5.32 Å². The summed E-state index contributed by atoms with van der Waals surface area (Å²) in [5.41, 5.74) is 0. The van der Waals surface area contributed by atoms with Gasteiger partial charge in [-0.3, -0.25) is 4.79 Å². The number of amides is 1. The van der Waals surface area contributed by atoms with Crippen molar-refractivity contribution in [1.29, 1.82) is 0 Å². The summed E-state index contributed by atoms with van der Waals surface area (Å²) in [7, 11) is -2.68. The van der Waals surface area contributed by atoms with Crippen LogP contribution in [-0.2, 0) is 14.8 Å². The van der Waals surface area contributed by atoms with Gasteiger partial charge in [-0.25, -0.2) is 8.42 Å². The maximum atomic E-state index is 12.5. The molecular formula is C12H13Cl3N2O3S. The van der Waals surface area contributed by atoms with Crippen LogP contribution in [-0.4, -0.2) is 38.3 Å². The third-order valence-electron chi connectivity index (χ3n) is 2.94. The first-order chi connectivity index (χ1) is 9.71. The van der Waals surface area contributed by atoms with E-state index in [2.05, 4.69) is 5.32 Å². The largest absolute Gasteiger partial charge is 0.352 e. The van der Waals surface area contributed by atoms with Crippen molar-refractivity contribution in [2.24, 2.45) is 0 Å². The first-order valence-corrected chi connectivity index (χ1v) is 8.69. The van der Waals surface area contributed by atoms with Crippen LogP contribution in [0.3, 0.4) is 0 Å². The van der Waals surface area contributed by atoms with Gasteiger partial charge in [0.25, 0.3) is 0 Å². The Hall–Kier alpha value is -0.530. The van der Waals surface area contributed by atoms with E-state index >= 15 is 0 Å². The Labute approximate surface area is 138 Å². The number of halogens is 3. The van der Waals surface area contributed by atoms with Gasteiger partial charge >= 0.3 is 0 Å². The van der Waals surface area contributed by atoms with E-state index < -0.39 is 10.0 Å². The summed E-state index contributed by atoms with van der Waals surface area (Å²) < 4.78 is 25.8. The van der Waals surface area contributed by atoms with Crippen molar-refractivity contribution in [3.05, 3.63) is 27.2 Å². The monoisotopic (exact) mass is 370 g/mol. The molecule has 1 aliphatic rings. The smallest absolute Gasteiger partial charge is 0.246 e. The molecule has 9 heteroatoms. The molecule has 0 bridgehead atoms. The minimum atomic E-state index is -3.98. The number of likely N-dealkylation sites (N-methyl/N-ethyl adjacent to an activating group) is 1. The molecule has 0 heterocycles. The molecule has 1 amide bonds. The molecule has 1 aromatic carbocycles. The normalized spacial score (nSPS) is 15.3. The van der Waals surface area contributed by atoms with E-state index in [-0.39, 0.29) is 38.5 Å². The van der Waals surface area contributed by atoms with Crippen LogP contribution in [0, 0.1) is 0 Å². The second-order valence-corrected chi connectivity index (χ2v) is 8.03. The van der Waals surface area contributed by atoms with E-state index in [1.54, 1.807) is 0 Å². The number of carbonyl (C=O) groups is 1. The van der Waals surface area contributed by atoms with Gasteiger partial charge in [0.1, 0.15) is 4.90 Å². The van der Waals surface area contributed by atoms with Crippen LogP contribution in [0.2, 0.25) is 15.1 Å². The Kier molecular flexibility index (Phi) is 5.05. The van der Waals surface area contributed by atoms with Crippen molar-refractivity contribution in [3.63, 3.8) is 0 Å². The van der Waals surface area contributed by atoms with Gasteiger partial charge in [-0.1, -0.05) is 34.8 Å². The number of sulfonamides is 1. The highest BCUT2D eigenvalue weighted by molar-refractivity contribution is 7.89. The first kappa shape index (κ1) is 16.8. The van der Waals surface area contributed by atoms with Crippen molar-refractivity contribution >= 4 is 50.7 Å². The molecule has 1 N–H and O–H groups in total. The summed E-state index contributed by atoms with van der Waals surface area (Å²) in [6, 6.07) is 2.75. The number of nitrogens with zero attached hydrogens (tertiary/aromatic N) is 1. The predicted molar refractivity (Wildman–Crippen MR) is 82.5 cm³/mol. The summed E-state index contributed by atoms with van der Waals surface area (Å²) in [5, 5.41) is 2.79. The molecular weight excluding hydrogens is 359 g/mol. The summed E-state index contributed by atoms with van der Waals surface area (Å²) in [4.78, 5) is 11.4. The van der Waals surface area contributed by atoms with Crippen LogP contribution in [0.5, 0.6) is 0 Å². The molecule has 1 fully saturated rings. The third-order valence-corrected chi connectivity index (χ3v) is 5.88. The molecule has 116 valence electrons. The van der Waals surface area contributed by atoms with Crippen molar-refractivity contribution < 1.29 is 13.2 Å². The van der Waals surface area contributed by atoms with Gasteiger partial charge in [0, 0.05) is 18.1 Å². The number of rotatable bonds is 5. The fraction of sp³-hybridized carbons (Fsp3) is 0.417. The fourth-order valence-electron chi connectivity index (χ4n) is 1.72. The van der Waals surface area contributed by atoms with Crippen molar-refractivity contribution in [1.82, 2.24) is 9.62 Å². The highest BCUT2D eigenvalue weighted by Gasteiger charge is 2.30. The topological polar surface area (TPSA) is 66.5 Å². The van der Waals surface area contributed by atoms with Gasteiger partial charge in [-0.05, 0) is 25.0 Å². The van der Waals surface area contributed by atoms with Crippen molar-refractivity contribution in [2.75, 3.05) is 13.6 Å². The summed E-state index contributed by atoms with van der Waals surface area (Å²) in [6.07, 6.45) is 1.86. The number of carbonyl (C=O) groups excluding carboxylic acids is 1. The molecule has 0 spiro atoms. The molecule has 1 aliphatic carbocycles. The molecule has 21 heavy (non-hydrogen) atoms. The Morgan fingerprint density at radius 2 is 1.81 bits per heavy atom. The zero-order chi connectivity index (χ0) is 15.8. The average Bonchev–Trinajstić information content (AvgIpc) is 3.10. The highest BCUT2D eigenvalue weighted by atomic mass is 35.5. The van der Waals surface area contributed by atoms with Gasteiger partial charge < -0.3 is 5.32 Å². The Bertz CT molecular complexity index is 651. The lowest BCUT2D eigenvalue weighted by atomic mass is 10.4. The zero-order valence-electron chi connectivity index (χ0n) is 11.1. The number of benzene rings is 1. The lowest BCUT2D eigenvalue weighted by Gasteiger charge is -2.18. The maximum Gasteiger partial charge on any atom is 0.246 e. The first-order valence-electron chi connectivity index (χ1n) is 6.12. The lowest BCUT2D eigenvalue weighted by molar-refractivity contribution is -0.121. The van der Waals surface area contributed by atoms with Gasteiger partial charge in [0.15, 0.2) is 0 Å². The van der Waals surface area contributed by atoms with E-state index in [1.807, 2.05) is 0 Å². The maximum absolute atomic E-state index is 12.5. The number of hydrogen-bond acceptors (Lipinski definition) is 3. The summed E-state index contributed by atoms with van der Waals surface area (Å²) >= 11 is 17.6. The molecule has 1 aromatic rings. The van der Waals surface area contributed by atoms with Crippen LogP contribution in [0.25, 0.3) is 0 Å². The second kappa shape index (κ2) is 6.30. The molecule has 1 saturated carbocycles. The molecule has 0 aromatic heterocycles. The molecule has 0 aliphatic heterocycles. The fourth-order valence-corrected chi connectivity index (χ4v) is 4.33. The van der Waals surface area contributed by atoms with Crippen molar-refractivity contribution in [3.8, 4) is 0 Å². The highest BCUT2D eigenvalue weighted by Crippen LogP contribution is 2.34. The van der Waals surface area contributed by atoms with Gasteiger partial charge in [0.05, 0.1) is 16.6 Å². The second-order valence-electron chi connectivity index (χ2n) is 4.80. The SMILES string of the molecule is CN(CC(=O)NC1CC1)S(=O)(=O)c1c(Cl)cc(Cl)cc1Cl. The van der Waals surface area contributed by atoms with Gasteiger partial charge in [-0.15, -0.1) is 0 Å². The quantitative estimate of drug-likeness (QED) is 0.865.